The molecule has 1 heterocycles. The summed E-state index contributed by atoms with van der Waals surface area (Å²) in [5.74, 6) is -0.721. The van der Waals surface area contributed by atoms with E-state index in [-0.39, 0.29) is 11.8 Å². The van der Waals surface area contributed by atoms with Gasteiger partial charge in [-0.25, -0.2) is 0 Å². The second kappa shape index (κ2) is 6.83. The number of nitrogens with one attached hydrogen (secondary N) is 2. The van der Waals surface area contributed by atoms with E-state index in [0.29, 0.717) is 11.1 Å². The molecular formula is C19H17N3O2. The van der Waals surface area contributed by atoms with Gasteiger partial charge in [0, 0.05) is 29.2 Å². The average Bonchev–Trinajstić information content (AvgIpc) is 3.15. The van der Waals surface area contributed by atoms with E-state index < -0.39 is 0 Å². The van der Waals surface area contributed by atoms with Crippen molar-refractivity contribution in [1.29, 1.82) is 0 Å². The van der Waals surface area contributed by atoms with Gasteiger partial charge in [0.1, 0.15) is 0 Å². The lowest BCUT2D eigenvalue weighted by molar-refractivity contribution is 0.0846. The fourth-order valence-electron chi connectivity index (χ4n) is 2.25. The third kappa shape index (κ3) is 3.52. The van der Waals surface area contributed by atoms with Crippen LogP contribution >= 0.6 is 0 Å². The molecule has 2 amide bonds. The predicted octanol–water partition coefficient (Wildman–Crippen LogP) is 2.86. The molecule has 0 radical (unpaired) electrons. The van der Waals surface area contributed by atoms with E-state index in [1.54, 1.807) is 24.3 Å². The van der Waals surface area contributed by atoms with E-state index >= 15 is 0 Å². The van der Waals surface area contributed by atoms with Gasteiger partial charge in [0.2, 0.25) is 0 Å². The first-order valence-electron chi connectivity index (χ1n) is 7.54. The molecule has 0 saturated heterocycles. The fourth-order valence-corrected chi connectivity index (χ4v) is 2.25. The largest absolute Gasteiger partial charge is 0.324 e. The van der Waals surface area contributed by atoms with Gasteiger partial charge in [-0.3, -0.25) is 20.4 Å². The molecule has 5 nitrogen and oxygen atoms in total. The number of benzene rings is 2. The molecule has 2 N–H and O–H groups in total. The molecule has 0 aliphatic heterocycles. The molecule has 0 unspecified atom stereocenters. The van der Waals surface area contributed by atoms with Crippen LogP contribution in [0, 0.1) is 6.92 Å². The number of aromatic nitrogens is 1. The topological polar surface area (TPSA) is 63.1 Å². The quantitative estimate of drug-likeness (QED) is 0.729. The number of rotatable bonds is 3. The van der Waals surface area contributed by atoms with E-state index in [1.807, 2.05) is 60.3 Å². The Morgan fingerprint density at radius 3 is 1.71 bits per heavy atom. The number of carbonyl (C=O) groups excluding carboxylic acids is 2. The SMILES string of the molecule is Cc1ccc(C(=O)NNC(=O)c2ccc(-n3cccc3)cc2)cc1. The normalized spacial score (nSPS) is 10.2. The van der Waals surface area contributed by atoms with Crippen molar-refractivity contribution in [1.82, 2.24) is 15.4 Å². The van der Waals surface area contributed by atoms with Crippen molar-refractivity contribution in [3.05, 3.63) is 89.7 Å². The van der Waals surface area contributed by atoms with Gasteiger partial charge in [0.05, 0.1) is 0 Å². The van der Waals surface area contributed by atoms with Crippen molar-refractivity contribution in [2.75, 3.05) is 0 Å². The molecule has 0 bridgehead atoms. The molecule has 5 heteroatoms. The van der Waals surface area contributed by atoms with Crippen molar-refractivity contribution in [2.24, 2.45) is 0 Å². The molecular weight excluding hydrogens is 302 g/mol. The van der Waals surface area contributed by atoms with E-state index in [4.69, 9.17) is 0 Å². The monoisotopic (exact) mass is 319 g/mol. The maximum absolute atomic E-state index is 12.1. The van der Waals surface area contributed by atoms with Crippen LogP contribution in [-0.2, 0) is 0 Å². The first kappa shape index (κ1) is 15.6. The molecule has 0 fully saturated rings. The highest BCUT2D eigenvalue weighted by molar-refractivity contribution is 5.99. The number of aryl methyl sites for hydroxylation is 1. The lowest BCUT2D eigenvalue weighted by Gasteiger charge is -2.08. The van der Waals surface area contributed by atoms with Gasteiger partial charge in [0.15, 0.2) is 0 Å². The minimum atomic E-state index is -0.366. The van der Waals surface area contributed by atoms with Crippen molar-refractivity contribution in [3.8, 4) is 5.69 Å². The smallest absolute Gasteiger partial charge is 0.269 e. The Balaban J connectivity index is 1.60. The molecule has 0 aliphatic carbocycles. The molecule has 3 aromatic rings. The van der Waals surface area contributed by atoms with Crippen LogP contribution in [0.2, 0.25) is 0 Å². The second-order valence-corrected chi connectivity index (χ2v) is 5.41. The van der Waals surface area contributed by atoms with Crippen LogP contribution in [0.5, 0.6) is 0 Å². The van der Waals surface area contributed by atoms with Crippen molar-refractivity contribution >= 4 is 11.8 Å². The molecule has 0 atom stereocenters. The zero-order valence-corrected chi connectivity index (χ0v) is 13.2. The van der Waals surface area contributed by atoms with Crippen LogP contribution in [0.1, 0.15) is 26.3 Å². The van der Waals surface area contributed by atoms with Crippen molar-refractivity contribution in [2.45, 2.75) is 6.92 Å². The third-order valence-electron chi connectivity index (χ3n) is 3.64. The predicted molar refractivity (Wildman–Crippen MR) is 91.9 cm³/mol. The highest BCUT2D eigenvalue weighted by Crippen LogP contribution is 2.10. The van der Waals surface area contributed by atoms with Crippen LogP contribution < -0.4 is 10.9 Å². The summed E-state index contributed by atoms with van der Waals surface area (Å²) >= 11 is 0. The van der Waals surface area contributed by atoms with Gasteiger partial charge >= 0.3 is 0 Å². The molecule has 2 aromatic carbocycles. The zero-order chi connectivity index (χ0) is 16.9. The highest BCUT2D eigenvalue weighted by Gasteiger charge is 2.09. The van der Waals surface area contributed by atoms with E-state index in [0.717, 1.165) is 11.3 Å². The van der Waals surface area contributed by atoms with Gasteiger partial charge in [-0.15, -0.1) is 0 Å². The minimum absolute atomic E-state index is 0.354. The standard InChI is InChI=1S/C19H17N3O2/c1-14-4-6-15(7-5-14)18(23)20-21-19(24)16-8-10-17(11-9-16)22-12-2-3-13-22/h2-13H,1H3,(H,20,23)(H,21,24). The van der Waals surface area contributed by atoms with Gasteiger partial charge in [-0.2, -0.15) is 0 Å². The Kier molecular flexibility index (Phi) is 4.43. The average molecular weight is 319 g/mol. The highest BCUT2D eigenvalue weighted by atomic mass is 16.2. The number of nitrogens with zero attached hydrogens (tertiary/aromatic N) is 1. The second-order valence-electron chi connectivity index (χ2n) is 5.41. The van der Waals surface area contributed by atoms with Crippen LogP contribution in [0.3, 0.4) is 0 Å². The zero-order valence-electron chi connectivity index (χ0n) is 13.2. The van der Waals surface area contributed by atoms with Crippen molar-refractivity contribution in [3.63, 3.8) is 0 Å². The number of hydrazine groups is 1. The summed E-state index contributed by atoms with van der Waals surface area (Å²) in [5.41, 5.74) is 7.82. The number of amides is 2. The van der Waals surface area contributed by atoms with E-state index in [1.165, 1.54) is 0 Å². The fraction of sp³-hybridized carbons (Fsp3) is 0.0526. The van der Waals surface area contributed by atoms with Crippen molar-refractivity contribution < 1.29 is 9.59 Å². The van der Waals surface area contributed by atoms with Gasteiger partial charge in [-0.05, 0) is 55.5 Å². The Labute approximate surface area is 139 Å². The molecule has 0 spiro atoms. The van der Waals surface area contributed by atoms with E-state index in [9.17, 15) is 9.59 Å². The van der Waals surface area contributed by atoms with E-state index in [2.05, 4.69) is 10.9 Å². The Morgan fingerprint density at radius 2 is 1.21 bits per heavy atom. The molecule has 0 aliphatic rings. The molecule has 120 valence electrons. The number of hydrogen-bond donors (Lipinski definition) is 2. The molecule has 1 aromatic heterocycles. The number of hydrogen-bond acceptors (Lipinski definition) is 2. The maximum atomic E-state index is 12.1. The lowest BCUT2D eigenvalue weighted by atomic mass is 10.1. The lowest BCUT2D eigenvalue weighted by Crippen LogP contribution is -2.41. The summed E-state index contributed by atoms with van der Waals surface area (Å²) in [5, 5.41) is 0. The van der Waals surface area contributed by atoms with Crippen LogP contribution in [0.15, 0.2) is 73.1 Å². The Bertz CT molecular complexity index is 835. The first-order valence-corrected chi connectivity index (χ1v) is 7.54. The Morgan fingerprint density at radius 1 is 0.750 bits per heavy atom. The maximum Gasteiger partial charge on any atom is 0.269 e. The first-order chi connectivity index (χ1) is 11.6. The van der Waals surface area contributed by atoms with Crippen LogP contribution in [0.4, 0.5) is 0 Å². The van der Waals surface area contributed by atoms with Gasteiger partial charge < -0.3 is 4.57 Å². The van der Waals surface area contributed by atoms with Crippen LogP contribution in [0.25, 0.3) is 5.69 Å². The third-order valence-corrected chi connectivity index (χ3v) is 3.64. The summed E-state index contributed by atoms with van der Waals surface area (Å²) in [4.78, 5) is 24.1. The molecule has 3 rings (SSSR count). The van der Waals surface area contributed by atoms with Gasteiger partial charge in [-0.1, -0.05) is 17.7 Å². The van der Waals surface area contributed by atoms with Gasteiger partial charge in [0.25, 0.3) is 11.8 Å². The van der Waals surface area contributed by atoms with Crippen LogP contribution in [-0.4, -0.2) is 16.4 Å². The Hall–Kier alpha value is -3.34. The number of carbonyl (C=O) groups is 2. The molecule has 0 saturated carbocycles. The summed E-state index contributed by atoms with van der Waals surface area (Å²) in [6.45, 7) is 1.95. The summed E-state index contributed by atoms with van der Waals surface area (Å²) in [6.07, 6.45) is 3.85. The summed E-state index contributed by atoms with van der Waals surface area (Å²) < 4.78 is 1.95. The molecule has 24 heavy (non-hydrogen) atoms. The summed E-state index contributed by atoms with van der Waals surface area (Å²) in [7, 11) is 0. The minimum Gasteiger partial charge on any atom is -0.324 e. The summed E-state index contributed by atoms with van der Waals surface area (Å²) in [6, 6.07) is 18.1.